The minimum atomic E-state index is -3.52. The molecule has 156 valence electrons. The second-order valence-corrected chi connectivity index (χ2v) is 10.5. The van der Waals surface area contributed by atoms with E-state index >= 15 is 0 Å². The summed E-state index contributed by atoms with van der Waals surface area (Å²) in [6, 6.07) is 9.72. The van der Waals surface area contributed by atoms with Crippen LogP contribution in [-0.2, 0) is 14.8 Å². The molecule has 0 spiro atoms. The van der Waals surface area contributed by atoms with E-state index in [4.69, 9.17) is 0 Å². The van der Waals surface area contributed by atoms with Crippen LogP contribution in [0.1, 0.15) is 12.8 Å². The van der Waals surface area contributed by atoms with Crippen LogP contribution >= 0.6 is 11.3 Å². The molecule has 2 aliphatic rings. The lowest BCUT2D eigenvalue weighted by Gasteiger charge is -2.39. The number of hydrogen-bond acceptors (Lipinski definition) is 5. The van der Waals surface area contributed by atoms with Gasteiger partial charge in [-0.3, -0.25) is 4.79 Å². The van der Waals surface area contributed by atoms with E-state index < -0.39 is 10.0 Å². The van der Waals surface area contributed by atoms with Gasteiger partial charge in [0.1, 0.15) is 10.0 Å². The molecule has 6 nitrogen and oxygen atoms in total. The van der Waals surface area contributed by atoms with Gasteiger partial charge in [0.25, 0.3) is 10.0 Å². The monoisotopic (exact) mass is 437 g/mol. The summed E-state index contributed by atoms with van der Waals surface area (Å²) < 4.78 is 40.5. The molecule has 2 aliphatic heterocycles. The number of anilines is 1. The minimum Gasteiger partial charge on any atom is -0.368 e. The van der Waals surface area contributed by atoms with Crippen molar-refractivity contribution in [2.45, 2.75) is 17.1 Å². The molecule has 0 radical (unpaired) electrons. The number of amides is 1. The highest BCUT2D eigenvalue weighted by atomic mass is 32.2. The first kappa shape index (κ1) is 20.3. The number of nitrogens with zero attached hydrogens (tertiary/aromatic N) is 3. The van der Waals surface area contributed by atoms with Crippen molar-refractivity contribution in [2.24, 2.45) is 5.92 Å². The fourth-order valence-electron chi connectivity index (χ4n) is 3.99. The molecule has 1 amide bonds. The Bertz CT molecular complexity index is 940. The lowest BCUT2D eigenvalue weighted by atomic mass is 9.97. The summed E-state index contributed by atoms with van der Waals surface area (Å²) in [4.78, 5) is 17.0. The van der Waals surface area contributed by atoms with Crippen molar-refractivity contribution in [1.29, 1.82) is 0 Å². The Morgan fingerprint density at radius 1 is 1.03 bits per heavy atom. The van der Waals surface area contributed by atoms with Crippen molar-refractivity contribution in [2.75, 3.05) is 44.2 Å². The highest BCUT2D eigenvalue weighted by Gasteiger charge is 2.36. The van der Waals surface area contributed by atoms with Gasteiger partial charge in [-0.1, -0.05) is 6.07 Å². The summed E-state index contributed by atoms with van der Waals surface area (Å²) in [5, 5.41) is 1.75. The number of hydrogen-bond donors (Lipinski definition) is 0. The van der Waals surface area contributed by atoms with E-state index in [0.717, 1.165) is 5.69 Å². The van der Waals surface area contributed by atoms with E-state index in [2.05, 4.69) is 4.90 Å². The van der Waals surface area contributed by atoms with Crippen molar-refractivity contribution < 1.29 is 17.6 Å². The molecule has 1 aromatic heterocycles. The van der Waals surface area contributed by atoms with Crippen LogP contribution in [0.15, 0.2) is 46.0 Å². The van der Waals surface area contributed by atoms with Crippen molar-refractivity contribution in [1.82, 2.24) is 9.21 Å². The van der Waals surface area contributed by atoms with E-state index in [1.165, 1.54) is 27.8 Å². The molecule has 0 bridgehead atoms. The van der Waals surface area contributed by atoms with Crippen molar-refractivity contribution >= 4 is 33.0 Å². The molecule has 0 N–H and O–H groups in total. The fourth-order valence-corrected chi connectivity index (χ4v) is 6.66. The van der Waals surface area contributed by atoms with Crippen LogP contribution in [0.25, 0.3) is 0 Å². The second-order valence-electron chi connectivity index (χ2n) is 7.42. The topological polar surface area (TPSA) is 60.9 Å². The Labute approximate surface area is 174 Å². The summed E-state index contributed by atoms with van der Waals surface area (Å²) in [7, 11) is -3.52. The Hall–Kier alpha value is -1.97. The van der Waals surface area contributed by atoms with Gasteiger partial charge in [0.2, 0.25) is 5.91 Å². The van der Waals surface area contributed by atoms with Crippen molar-refractivity contribution in [3.8, 4) is 0 Å². The van der Waals surface area contributed by atoms with Crippen LogP contribution in [0.3, 0.4) is 0 Å². The first-order valence-corrected chi connectivity index (χ1v) is 12.1. The number of rotatable bonds is 4. The number of carbonyl (C=O) groups is 1. The smallest absolute Gasteiger partial charge is 0.252 e. The largest absolute Gasteiger partial charge is 0.368 e. The molecule has 2 fully saturated rings. The number of carbonyl (C=O) groups excluding carboxylic acids is 1. The second kappa shape index (κ2) is 8.41. The van der Waals surface area contributed by atoms with Crippen LogP contribution < -0.4 is 4.90 Å². The molecule has 1 unspecified atom stereocenters. The number of halogens is 1. The standard InChI is InChI=1S/C20H24FN3O3S2/c21-17-5-7-18(8-6-17)22-10-12-23(13-11-22)20(25)16-3-1-9-24(15-16)29(26,27)19-4-2-14-28-19/h2,4-8,14,16H,1,3,9-13,15H2. The van der Waals surface area contributed by atoms with Gasteiger partial charge in [-0.25, -0.2) is 12.8 Å². The van der Waals surface area contributed by atoms with Gasteiger partial charge in [-0.15, -0.1) is 11.3 Å². The third-order valence-corrected chi connectivity index (χ3v) is 8.84. The van der Waals surface area contributed by atoms with Gasteiger partial charge < -0.3 is 9.80 Å². The van der Waals surface area contributed by atoms with E-state index in [1.807, 2.05) is 4.90 Å². The Morgan fingerprint density at radius 2 is 1.76 bits per heavy atom. The van der Waals surface area contributed by atoms with E-state index in [1.54, 1.807) is 29.6 Å². The van der Waals surface area contributed by atoms with Gasteiger partial charge in [-0.2, -0.15) is 4.31 Å². The van der Waals surface area contributed by atoms with Gasteiger partial charge in [0.15, 0.2) is 0 Å². The number of piperidine rings is 1. The summed E-state index contributed by atoms with van der Waals surface area (Å²) in [6.07, 6.45) is 1.41. The number of thiophene rings is 1. The van der Waals surface area contributed by atoms with Crippen LogP contribution in [0, 0.1) is 11.7 Å². The van der Waals surface area contributed by atoms with E-state index in [-0.39, 0.29) is 24.2 Å². The van der Waals surface area contributed by atoms with Crippen LogP contribution in [-0.4, -0.2) is 62.8 Å². The lowest BCUT2D eigenvalue weighted by Crippen LogP contribution is -2.53. The maximum Gasteiger partial charge on any atom is 0.252 e. The molecular formula is C20H24FN3O3S2. The third kappa shape index (κ3) is 4.31. The van der Waals surface area contributed by atoms with Crippen LogP contribution in [0.4, 0.5) is 10.1 Å². The molecule has 9 heteroatoms. The molecule has 2 aromatic rings. The highest BCUT2D eigenvalue weighted by Crippen LogP contribution is 2.27. The van der Waals surface area contributed by atoms with Crippen LogP contribution in [0.2, 0.25) is 0 Å². The fraction of sp³-hybridized carbons (Fsp3) is 0.450. The molecule has 1 atom stereocenters. The van der Waals surface area contributed by atoms with Gasteiger partial charge in [0, 0.05) is 45.0 Å². The normalized spacial score (nSPS) is 21.3. The first-order valence-electron chi connectivity index (χ1n) is 9.78. The number of piperazine rings is 1. The molecule has 2 saturated heterocycles. The highest BCUT2D eigenvalue weighted by molar-refractivity contribution is 7.91. The minimum absolute atomic E-state index is 0.0369. The molecule has 4 rings (SSSR count). The lowest BCUT2D eigenvalue weighted by molar-refractivity contribution is -0.137. The van der Waals surface area contributed by atoms with Gasteiger partial charge >= 0.3 is 0 Å². The average molecular weight is 438 g/mol. The van der Waals surface area contributed by atoms with Gasteiger partial charge in [0.05, 0.1) is 5.92 Å². The van der Waals surface area contributed by atoms with Gasteiger partial charge in [-0.05, 0) is 48.6 Å². The molecule has 3 heterocycles. The zero-order valence-corrected chi connectivity index (χ0v) is 17.7. The average Bonchev–Trinajstić information content (AvgIpc) is 3.30. The molecule has 0 aliphatic carbocycles. The molecule has 1 aromatic carbocycles. The van der Waals surface area contributed by atoms with E-state index in [0.29, 0.717) is 49.8 Å². The number of benzene rings is 1. The first-order chi connectivity index (χ1) is 13.9. The Kier molecular flexibility index (Phi) is 5.89. The summed E-state index contributed by atoms with van der Waals surface area (Å²) in [6.45, 7) is 3.25. The number of sulfonamides is 1. The molecular weight excluding hydrogens is 413 g/mol. The van der Waals surface area contributed by atoms with Crippen molar-refractivity contribution in [3.63, 3.8) is 0 Å². The molecule has 0 saturated carbocycles. The predicted molar refractivity (Wildman–Crippen MR) is 111 cm³/mol. The maximum absolute atomic E-state index is 13.1. The summed E-state index contributed by atoms with van der Waals surface area (Å²) >= 11 is 1.21. The zero-order chi connectivity index (χ0) is 20.4. The summed E-state index contributed by atoms with van der Waals surface area (Å²) in [5.74, 6) is -0.521. The third-order valence-electron chi connectivity index (χ3n) is 5.61. The Morgan fingerprint density at radius 3 is 2.41 bits per heavy atom. The summed E-state index contributed by atoms with van der Waals surface area (Å²) in [5.41, 5.74) is 0.949. The maximum atomic E-state index is 13.1. The Balaban J connectivity index is 1.37. The SMILES string of the molecule is O=C(C1CCCN(S(=O)(=O)c2cccs2)C1)N1CCN(c2ccc(F)cc2)CC1. The quantitative estimate of drug-likeness (QED) is 0.738. The van der Waals surface area contributed by atoms with Crippen molar-refractivity contribution in [3.05, 3.63) is 47.6 Å². The zero-order valence-electron chi connectivity index (χ0n) is 16.0. The predicted octanol–water partition coefficient (Wildman–Crippen LogP) is 2.64. The van der Waals surface area contributed by atoms with E-state index in [9.17, 15) is 17.6 Å². The molecule has 29 heavy (non-hydrogen) atoms. The van der Waals surface area contributed by atoms with Crippen LogP contribution in [0.5, 0.6) is 0 Å².